The third-order valence-corrected chi connectivity index (χ3v) is 8.50. The van der Waals surface area contributed by atoms with Crippen molar-refractivity contribution in [3.8, 4) is 5.75 Å². The molecule has 8 nitrogen and oxygen atoms in total. The lowest BCUT2D eigenvalue weighted by Gasteiger charge is -2.37. The zero-order valence-corrected chi connectivity index (χ0v) is 22.1. The van der Waals surface area contributed by atoms with Crippen molar-refractivity contribution in [3.63, 3.8) is 0 Å². The van der Waals surface area contributed by atoms with Gasteiger partial charge in [0.2, 0.25) is 10.0 Å². The third kappa shape index (κ3) is 6.86. The van der Waals surface area contributed by atoms with Gasteiger partial charge in [-0.25, -0.2) is 8.42 Å². The summed E-state index contributed by atoms with van der Waals surface area (Å²) in [6, 6.07) is 5.06. The molecule has 1 amide bonds. The lowest BCUT2D eigenvalue weighted by molar-refractivity contribution is 0.00814. The minimum Gasteiger partial charge on any atom is -0.491 e. The summed E-state index contributed by atoms with van der Waals surface area (Å²) in [4.78, 5) is 17.5. The zero-order valence-electron chi connectivity index (χ0n) is 21.2. The molecule has 9 heteroatoms. The highest BCUT2D eigenvalue weighted by Gasteiger charge is 2.30. The second-order valence-electron chi connectivity index (χ2n) is 9.92. The number of fused-ring (bicyclic) bond motifs is 1. The van der Waals surface area contributed by atoms with Crippen molar-refractivity contribution in [1.29, 1.82) is 0 Å². The van der Waals surface area contributed by atoms with Gasteiger partial charge < -0.3 is 14.4 Å². The zero-order chi connectivity index (χ0) is 24.9. The SMILES string of the molecule is CCS(=O)(=O)Nc1ccc2c(c1)C(=O)N(C)C[C@@H](OC)[C@@H](C)CN(CC1CCCC1)[C@@H](C)CO2. The van der Waals surface area contributed by atoms with Crippen molar-refractivity contribution in [2.24, 2.45) is 11.8 Å². The van der Waals surface area contributed by atoms with Gasteiger partial charge in [0, 0.05) is 45.5 Å². The van der Waals surface area contributed by atoms with Crippen LogP contribution in [0.4, 0.5) is 5.69 Å². The van der Waals surface area contributed by atoms with Crippen LogP contribution in [0.15, 0.2) is 18.2 Å². The van der Waals surface area contributed by atoms with Crippen molar-refractivity contribution in [2.45, 2.75) is 58.6 Å². The molecule has 0 unspecified atom stereocenters. The number of sulfonamides is 1. The molecule has 2 aliphatic rings. The van der Waals surface area contributed by atoms with Gasteiger partial charge in [0.1, 0.15) is 12.4 Å². The summed E-state index contributed by atoms with van der Waals surface area (Å²) < 4.78 is 38.7. The van der Waals surface area contributed by atoms with E-state index in [-0.39, 0.29) is 29.7 Å². The fraction of sp³-hybridized carbons (Fsp3) is 0.720. The summed E-state index contributed by atoms with van der Waals surface area (Å²) in [5, 5.41) is 0. The monoisotopic (exact) mass is 495 g/mol. The standard InChI is InChI=1S/C25H41N3O5S/c1-6-34(30,31)26-21-11-12-23-22(13-21)25(29)27(4)16-24(32-5)18(2)14-28(19(3)17-33-23)15-20-9-7-8-10-20/h11-13,18-20,24,26H,6-10,14-17H2,1-5H3/t18-,19-,24+/m0/s1. The van der Waals surface area contributed by atoms with Gasteiger partial charge in [-0.1, -0.05) is 19.8 Å². The molecule has 1 aromatic rings. The van der Waals surface area contributed by atoms with Crippen LogP contribution in [0.1, 0.15) is 56.8 Å². The van der Waals surface area contributed by atoms with Crippen LogP contribution in [0, 0.1) is 11.8 Å². The maximum Gasteiger partial charge on any atom is 0.257 e. The average Bonchev–Trinajstić information content (AvgIpc) is 3.32. The first-order valence-electron chi connectivity index (χ1n) is 12.4. The summed E-state index contributed by atoms with van der Waals surface area (Å²) in [6.07, 6.45) is 5.07. The van der Waals surface area contributed by atoms with E-state index < -0.39 is 10.0 Å². The number of anilines is 1. The van der Waals surface area contributed by atoms with Gasteiger partial charge in [-0.05, 0) is 56.7 Å². The molecular weight excluding hydrogens is 454 g/mol. The second kappa shape index (κ2) is 11.7. The van der Waals surface area contributed by atoms with Crippen LogP contribution in [0.3, 0.4) is 0 Å². The average molecular weight is 496 g/mol. The van der Waals surface area contributed by atoms with E-state index in [4.69, 9.17) is 9.47 Å². The summed E-state index contributed by atoms with van der Waals surface area (Å²) >= 11 is 0. The van der Waals surface area contributed by atoms with Crippen LogP contribution >= 0.6 is 0 Å². The molecule has 0 saturated heterocycles. The van der Waals surface area contributed by atoms with E-state index in [9.17, 15) is 13.2 Å². The lowest BCUT2D eigenvalue weighted by atomic mass is 9.99. The van der Waals surface area contributed by atoms with Gasteiger partial charge in [-0.2, -0.15) is 0 Å². The quantitative estimate of drug-likeness (QED) is 0.650. The molecule has 3 rings (SSSR count). The second-order valence-corrected chi connectivity index (χ2v) is 11.9. The van der Waals surface area contributed by atoms with Crippen LogP contribution in [-0.2, 0) is 14.8 Å². The van der Waals surface area contributed by atoms with Gasteiger partial charge in [-0.3, -0.25) is 14.4 Å². The van der Waals surface area contributed by atoms with E-state index in [1.807, 2.05) is 0 Å². The Hall–Kier alpha value is -1.84. The van der Waals surface area contributed by atoms with Gasteiger partial charge >= 0.3 is 0 Å². The highest BCUT2D eigenvalue weighted by molar-refractivity contribution is 7.92. The molecule has 1 aliphatic heterocycles. The third-order valence-electron chi connectivity index (χ3n) is 7.19. The number of rotatable bonds is 6. The minimum absolute atomic E-state index is 0.0455. The largest absolute Gasteiger partial charge is 0.491 e. The van der Waals surface area contributed by atoms with Crippen LogP contribution in [0.2, 0.25) is 0 Å². The van der Waals surface area contributed by atoms with Crippen LogP contribution in [0.25, 0.3) is 0 Å². The number of hydrogen-bond donors (Lipinski definition) is 1. The van der Waals surface area contributed by atoms with Crippen molar-refractivity contribution in [2.75, 3.05) is 50.9 Å². The summed E-state index contributed by atoms with van der Waals surface area (Å²) in [6.45, 7) is 8.74. The molecule has 0 aromatic heterocycles. The maximum absolute atomic E-state index is 13.4. The van der Waals surface area contributed by atoms with Crippen LogP contribution in [0.5, 0.6) is 5.75 Å². The Bertz CT molecular complexity index is 932. The van der Waals surface area contributed by atoms with Crippen molar-refractivity contribution in [3.05, 3.63) is 23.8 Å². The number of likely N-dealkylation sites (N-methyl/N-ethyl adjacent to an activating group) is 1. The molecule has 0 bridgehead atoms. The topological polar surface area (TPSA) is 88.2 Å². The number of carbonyl (C=O) groups excluding carboxylic acids is 1. The highest BCUT2D eigenvalue weighted by atomic mass is 32.2. The number of carbonyl (C=O) groups is 1. The lowest BCUT2D eigenvalue weighted by Crippen LogP contribution is -2.47. The Kier molecular flexibility index (Phi) is 9.23. The van der Waals surface area contributed by atoms with E-state index >= 15 is 0 Å². The summed E-state index contributed by atoms with van der Waals surface area (Å²) in [5.41, 5.74) is 0.696. The first-order chi connectivity index (χ1) is 16.1. The van der Waals surface area contributed by atoms with Crippen molar-refractivity contribution in [1.82, 2.24) is 9.80 Å². The smallest absolute Gasteiger partial charge is 0.257 e. The minimum atomic E-state index is -3.46. The molecule has 1 saturated carbocycles. The Morgan fingerprint density at radius 1 is 1.18 bits per heavy atom. The van der Waals surface area contributed by atoms with Crippen molar-refractivity contribution < 1.29 is 22.7 Å². The van der Waals surface area contributed by atoms with Crippen LogP contribution < -0.4 is 9.46 Å². The molecule has 1 fully saturated rings. The number of nitrogens with zero attached hydrogens (tertiary/aromatic N) is 2. The molecule has 0 radical (unpaired) electrons. The van der Waals surface area contributed by atoms with Gasteiger partial charge in [-0.15, -0.1) is 0 Å². The summed E-state index contributed by atoms with van der Waals surface area (Å²) in [7, 11) is -0.0126. The molecule has 0 spiro atoms. The predicted octanol–water partition coefficient (Wildman–Crippen LogP) is 3.44. The van der Waals surface area contributed by atoms with E-state index in [0.717, 1.165) is 13.1 Å². The molecule has 1 N–H and O–H groups in total. The molecular formula is C25H41N3O5S. The fourth-order valence-corrected chi connectivity index (χ4v) is 5.58. The Morgan fingerprint density at radius 2 is 1.88 bits per heavy atom. The van der Waals surface area contributed by atoms with Crippen LogP contribution in [-0.4, -0.2) is 82.4 Å². The van der Waals surface area contributed by atoms with E-state index in [1.165, 1.54) is 25.7 Å². The number of nitrogens with one attached hydrogen (secondary N) is 1. The highest BCUT2D eigenvalue weighted by Crippen LogP contribution is 2.29. The van der Waals surface area contributed by atoms with Gasteiger partial charge in [0.05, 0.1) is 17.4 Å². The maximum atomic E-state index is 13.4. The number of benzene rings is 1. The van der Waals surface area contributed by atoms with E-state index in [0.29, 0.717) is 36.1 Å². The summed E-state index contributed by atoms with van der Waals surface area (Å²) in [5.74, 6) is 1.14. The van der Waals surface area contributed by atoms with Gasteiger partial charge in [0.25, 0.3) is 5.91 Å². The first-order valence-corrected chi connectivity index (χ1v) is 14.1. The number of hydrogen-bond acceptors (Lipinski definition) is 6. The van der Waals surface area contributed by atoms with Gasteiger partial charge in [0.15, 0.2) is 0 Å². The molecule has 1 aromatic carbocycles. The fourth-order valence-electron chi connectivity index (χ4n) is 4.95. The molecule has 34 heavy (non-hydrogen) atoms. The normalized spacial score (nSPS) is 25.9. The van der Waals surface area contributed by atoms with E-state index in [2.05, 4.69) is 23.5 Å². The molecule has 3 atom stereocenters. The van der Waals surface area contributed by atoms with Crippen molar-refractivity contribution >= 4 is 21.6 Å². The van der Waals surface area contributed by atoms with E-state index in [1.54, 1.807) is 44.2 Å². The molecule has 1 aliphatic carbocycles. The Labute approximate surface area is 205 Å². The number of methoxy groups -OCH3 is 1. The molecule has 1 heterocycles. The predicted molar refractivity (Wildman–Crippen MR) is 135 cm³/mol. The number of amides is 1. The number of ether oxygens (including phenoxy) is 2. The molecule has 192 valence electrons. The first kappa shape index (κ1) is 26.8. The Balaban J connectivity index is 1.92. The Morgan fingerprint density at radius 3 is 2.53 bits per heavy atom.